The maximum Gasteiger partial charge on any atom is 0.306 e. The molecule has 0 aromatic heterocycles. The third-order valence-electron chi connectivity index (χ3n) is 9.97. The number of esters is 2. The molecule has 0 fully saturated rings. The maximum absolute atomic E-state index is 13.1. The molecule has 0 aliphatic heterocycles. The number of rotatable bonds is 36. The number of halogens is 2. The summed E-state index contributed by atoms with van der Waals surface area (Å²) in [5.41, 5.74) is 0.264. The number of carbonyl (C=O) groups excluding carboxylic acids is 3. The third-order valence-corrected chi connectivity index (χ3v) is 10.4. The highest BCUT2D eigenvalue weighted by Gasteiger charge is 2.31. The molecule has 0 unspecified atom stereocenters. The molecule has 1 amide bonds. The first-order valence-electron chi connectivity index (χ1n) is 21.4. The second-order valence-corrected chi connectivity index (χ2v) is 15.9. The second kappa shape index (κ2) is 33.9. The molecular weight excluding hydrogens is 727 g/mol. The number of nitro groups is 1. The Hall–Kier alpha value is -2.39. The van der Waals surface area contributed by atoms with Crippen LogP contribution in [-0.4, -0.2) is 40.3 Å². The number of hydrogen-bond acceptors (Lipinski definition) is 7. The van der Waals surface area contributed by atoms with Crippen molar-refractivity contribution in [2.24, 2.45) is 0 Å². The number of unbranched alkanes of at least 4 members (excludes halogenated alkanes) is 24. The van der Waals surface area contributed by atoms with E-state index in [9.17, 15) is 24.5 Å². The Kier molecular flexibility index (Phi) is 31.2. The van der Waals surface area contributed by atoms with Crippen LogP contribution in [0.15, 0.2) is 24.3 Å². The van der Waals surface area contributed by atoms with Crippen molar-refractivity contribution in [3.05, 3.63) is 39.9 Å². The number of nitrogens with zero attached hydrogens (tertiary/aromatic N) is 1. The van der Waals surface area contributed by atoms with Gasteiger partial charge >= 0.3 is 11.9 Å². The van der Waals surface area contributed by atoms with Crippen LogP contribution in [0.1, 0.15) is 205 Å². The summed E-state index contributed by atoms with van der Waals surface area (Å²) in [6.07, 6.45) is 30.2. The van der Waals surface area contributed by atoms with Crippen LogP contribution in [0.25, 0.3) is 0 Å². The first kappa shape index (κ1) is 49.6. The number of non-ortho nitro benzene ring substituents is 1. The number of amides is 1. The molecule has 310 valence electrons. The molecule has 0 aliphatic rings. The van der Waals surface area contributed by atoms with Gasteiger partial charge < -0.3 is 14.8 Å². The fourth-order valence-electron chi connectivity index (χ4n) is 6.65. The summed E-state index contributed by atoms with van der Waals surface area (Å²) < 4.78 is 11.5. The average Bonchev–Trinajstić information content (AvgIpc) is 3.16. The quantitative estimate of drug-likeness (QED) is 0.0235. The molecule has 1 rings (SSSR count). The van der Waals surface area contributed by atoms with Gasteiger partial charge in [0.05, 0.1) is 4.92 Å². The minimum absolute atomic E-state index is 0.137. The van der Waals surface area contributed by atoms with Crippen LogP contribution < -0.4 is 5.32 Å². The second-order valence-electron chi connectivity index (χ2n) is 14.8. The lowest BCUT2D eigenvalue weighted by Gasteiger charge is -2.28. The van der Waals surface area contributed by atoms with Crippen molar-refractivity contribution in [1.82, 2.24) is 5.32 Å². The molecule has 1 aromatic carbocycles. The lowest BCUT2D eigenvalue weighted by atomic mass is 10.0. The molecule has 0 heterocycles. The normalized spacial score (nSPS) is 12.4. The van der Waals surface area contributed by atoms with Gasteiger partial charge in [-0.2, -0.15) is 0 Å². The van der Waals surface area contributed by atoms with Gasteiger partial charge in [0.1, 0.15) is 12.6 Å². The van der Waals surface area contributed by atoms with E-state index in [1.54, 1.807) is 0 Å². The Labute approximate surface area is 336 Å². The highest BCUT2D eigenvalue weighted by Crippen LogP contribution is 2.26. The molecule has 54 heavy (non-hydrogen) atoms. The molecule has 1 aromatic rings. The first-order chi connectivity index (χ1) is 26.2. The molecule has 0 spiro atoms. The van der Waals surface area contributed by atoms with Crippen molar-refractivity contribution >= 4 is 46.7 Å². The zero-order valence-corrected chi connectivity index (χ0v) is 35.1. The van der Waals surface area contributed by atoms with E-state index in [4.69, 9.17) is 32.7 Å². The van der Waals surface area contributed by atoms with Gasteiger partial charge in [0.25, 0.3) is 11.6 Å². The number of nitro benzene ring substituents is 1. The van der Waals surface area contributed by atoms with Gasteiger partial charge in [0.15, 0.2) is 10.9 Å². The van der Waals surface area contributed by atoms with Gasteiger partial charge in [-0.15, -0.1) is 0 Å². The van der Waals surface area contributed by atoms with E-state index in [-0.39, 0.29) is 25.1 Å². The Morgan fingerprint density at radius 1 is 0.611 bits per heavy atom. The van der Waals surface area contributed by atoms with E-state index in [2.05, 4.69) is 19.2 Å². The summed E-state index contributed by atoms with van der Waals surface area (Å²) in [5.74, 6) is -1.64. The topological polar surface area (TPSA) is 125 Å². The molecular formula is C43H72Cl2N2O7. The highest BCUT2D eigenvalue weighted by molar-refractivity contribution is 6.53. The van der Waals surface area contributed by atoms with E-state index in [1.165, 1.54) is 140 Å². The van der Waals surface area contributed by atoms with Gasteiger partial charge in [-0.1, -0.05) is 191 Å². The average molecular weight is 800 g/mol. The van der Waals surface area contributed by atoms with Gasteiger partial charge in [0, 0.05) is 25.0 Å². The number of hydrogen-bond donors (Lipinski definition) is 1. The van der Waals surface area contributed by atoms with E-state index < -0.39 is 39.8 Å². The van der Waals surface area contributed by atoms with Crippen molar-refractivity contribution in [2.75, 3.05) is 6.61 Å². The zero-order valence-electron chi connectivity index (χ0n) is 33.6. The minimum Gasteiger partial charge on any atom is -0.463 e. The van der Waals surface area contributed by atoms with Gasteiger partial charge in [-0.25, -0.2) is 0 Å². The van der Waals surface area contributed by atoms with Gasteiger partial charge in [-0.3, -0.25) is 24.5 Å². The molecule has 0 aliphatic carbocycles. The van der Waals surface area contributed by atoms with Crippen LogP contribution in [-0.2, 0) is 23.9 Å². The summed E-state index contributed by atoms with van der Waals surface area (Å²) in [5, 5.41) is 14.0. The largest absolute Gasteiger partial charge is 0.463 e. The Balaban J connectivity index is 2.62. The summed E-state index contributed by atoms with van der Waals surface area (Å²) >= 11 is 11.7. The number of carbonyl (C=O) groups is 3. The van der Waals surface area contributed by atoms with Crippen LogP contribution in [0.3, 0.4) is 0 Å². The Morgan fingerprint density at radius 2 is 0.981 bits per heavy atom. The van der Waals surface area contributed by atoms with Crippen molar-refractivity contribution in [2.45, 2.75) is 211 Å². The predicted octanol–water partition coefficient (Wildman–Crippen LogP) is 13.0. The standard InChI is InChI=1S/C43H72Cl2N2O7/c1-3-5-7-9-11-13-15-17-19-21-23-25-27-29-39(48)53-35-38(46-43(50)42(44)45)41(36-31-33-37(34-32-36)47(51)52)54-40(49)30-28-26-24-22-20-18-16-14-12-10-8-6-4-2/h31-34,38,41-42H,3-30,35H2,1-2H3,(H,46,50)/t38-,41-/m1/s1. The molecule has 1 N–H and O–H groups in total. The number of alkyl halides is 2. The smallest absolute Gasteiger partial charge is 0.306 e. The van der Waals surface area contributed by atoms with Crippen molar-refractivity contribution in [1.29, 1.82) is 0 Å². The van der Waals surface area contributed by atoms with Crippen molar-refractivity contribution < 1.29 is 28.8 Å². The van der Waals surface area contributed by atoms with E-state index >= 15 is 0 Å². The fourth-order valence-corrected chi connectivity index (χ4v) is 6.77. The SMILES string of the molecule is CCCCCCCCCCCCCCCC(=O)OC[C@@H](NC(=O)C(Cl)Cl)[C@H](OC(=O)CCCCCCCCCCCCCCC)c1ccc([N+](=O)[O-])cc1. The van der Waals surface area contributed by atoms with Crippen LogP contribution in [0.2, 0.25) is 0 Å². The van der Waals surface area contributed by atoms with Gasteiger partial charge in [0.2, 0.25) is 0 Å². The lowest BCUT2D eigenvalue weighted by Crippen LogP contribution is -2.46. The maximum atomic E-state index is 13.1. The van der Waals surface area contributed by atoms with Crippen molar-refractivity contribution in [3.8, 4) is 0 Å². The number of ether oxygens (including phenoxy) is 2. The van der Waals surface area contributed by atoms with Crippen LogP contribution in [0, 0.1) is 10.1 Å². The predicted molar refractivity (Wildman–Crippen MR) is 221 cm³/mol. The van der Waals surface area contributed by atoms with Crippen LogP contribution >= 0.6 is 23.2 Å². The molecule has 9 nitrogen and oxygen atoms in total. The zero-order chi connectivity index (χ0) is 39.7. The first-order valence-corrected chi connectivity index (χ1v) is 22.2. The summed E-state index contributed by atoms with van der Waals surface area (Å²) in [6, 6.07) is 4.51. The molecule has 0 saturated carbocycles. The molecule has 0 saturated heterocycles. The molecule has 2 atom stereocenters. The summed E-state index contributed by atoms with van der Waals surface area (Å²) in [4.78, 5) is 47.9. The van der Waals surface area contributed by atoms with E-state index in [0.29, 0.717) is 18.4 Å². The number of nitrogens with one attached hydrogen (secondary N) is 1. The molecule has 0 radical (unpaired) electrons. The Bertz CT molecular complexity index is 1120. The minimum atomic E-state index is -1.41. The highest BCUT2D eigenvalue weighted by atomic mass is 35.5. The summed E-state index contributed by atoms with van der Waals surface area (Å²) in [6.45, 7) is 4.18. The van der Waals surface area contributed by atoms with E-state index in [0.717, 1.165) is 38.5 Å². The fraction of sp³-hybridized carbons (Fsp3) is 0.791. The molecule has 0 bridgehead atoms. The van der Waals surface area contributed by atoms with Crippen LogP contribution in [0.5, 0.6) is 0 Å². The molecule has 11 heteroatoms. The van der Waals surface area contributed by atoms with E-state index in [1.807, 2.05) is 0 Å². The van der Waals surface area contributed by atoms with Crippen molar-refractivity contribution in [3.63, 3.8) is 0 Å². The lowest BCUT2D eigenvalue weighted by molar-refractivity contribution is -0.384. The summed E-state index contributed by atoms with van der Waals surface area (Å²) in [7, 11) is 0. The van der Waals surface area contributed by atoms with Crippen LogP contribution in [0.4, 0.5) is 5.69 Å². The number of benzene rings is 1. The monoisotopic (exact) mass is 798 g/mol. The van der Waals surface area contributed by atoms with Gasteiger partial charge in [-0.05, 0) is 30.5 Å². The Morgan fingerprint density at radius 3 is 1.35 bits per heavy atom. The third kappa shape index (κ3) is 26.4.